The predicted octanol–water partition coefficient (Wildman–Crippen LogP) is 5.52. The van der Waals surface area contributed by atoms with Crippen molar-refractivity contribution in [1.29, 1.82) is 0 Å². The number of rotatable bonds is 3. The Labute approximate surface area is 147 Å². The molecule has 130 valence electrons. The van der Waals surface area contributed by atoms with Crippen molar-refractivity contribution in [1.82, 2.24) is 9.97 Å². The number of anilines is 3. The molecule has 0 aliphatic rings. The highest BCUT2D eigenvalue weighted by molar-refractivity contribution is 9.10. The van der Waals surface area contributed by atoms with E-state index in [0.717, 1.165) is 16.1 Å². The molecule has 0 saturated carbocycles. The number of benzene rings is 1. The minimum Gasteiger partial charge on any atom is -0.350 e. The van der Waals surface area contributed by atoms with Gasteiger partial charge in [0, 0.05) is 21.8 Å². The lowest BCUT2D eigenvalue weighted by Gasteiger charge is -2.22. The van der Waals surface area contributed by atoms with Crippen molar-refractivity contribution in [2.24, 2.45) is 0 Å². The fraction of sp³-hybridized carbons (Fsp3) is 0.375. The molecular weight excluding hydrogens is 385 g/mol. The summed E-state index contributed by atoms with van der Waals surface area (Å²) in [5, 5.41) is 5.80. The van der Waals surface area contributed by atoms with Gasteiger partial charge in [0.1, 0.15) is 5.82 Å². The van der Waals surface area contributed by atoms with Crippen molar-refractivity contribution in [2.45, 2.75) is 39.4 Å². The number of alkyl halides is 3. The van der Waals surface area contributed by atoms with E-state index in [1.807, 2.05) is 33.8 Å². The minimum absolute atomic E-state index is 0.0745. The molecule has 0 aliphatic heterocycles. The summed E-state index contributed by atoms with van der Waals surface area (Å²) in [5.74, 6) is 0.00378. The van der Waals surface area contributed by atoms with Gasteiger partial charge in [-0.25, -0.2) is 4.98 Å². The molecule has 4 nitrogen and oxygen atoms in total. The van der Waals surface area contributed by atoms with E-state index in [2.05, 4.69) is 36.5 Å². The molecule has 0 radical (unpaired) electrons. The highest BCUT2D eigenvalue weighted by Gasteiger charge is 2.34. The molecule has 1 aromatic heterocycles. The SMILES string of the molecule is Cc1cc(Br)ccc1Nc1cc(C(F)(F)F)nc(NC(C)(C)C)n1. The fourth-order valence-electron chi connectivity index (χ4n) is 1.95. The summed E-state index contributed by atoms with van der Waals surface area (Å²) < 4.78 is 40.2. The summed E-state index contributed by atoms with van der Waals surface area (Å²) in [4.78, 5) is 7.72. The van der Waals surface area contributed by atoms with Crippen molar-refractivity contribution >= 4 is 33.4 Å². The molecule has 0 amide bonds. The second-order valence-electron chi connectivity index (χ2n) is 6.42. The molecule has 0 aliphatic carbocycles. The Hall–Kier alpha value is -1.83. The number of halogens is 4. The van der Waals surface area contributed by atoms with Crippen LogP contribution in [0.3, 0.4) is 0 Å². The highest BCUT2D eigenvalue weighted by atomic mass is 79.9. The van der Waals surface area contributed by atoms with Crippen LogP contribution in [-0.2, 0) is 6.18 Å². The average Bonchev–Trinajstić information content (AvgIpc) is 2.39. The van der Waals surface area contributed by atoms with Gasteiger partial charge in [0.15, 0.2) is 5.69 Å². The van der Waals surface area contributed by atoms with Crippen LogP contribution >= 0.6 is 15.9 Å². The third-order valence-corrected chi connectivity index (χ3v) is 3.45. The Morgan fingerprint density at radius 2 is 1.71 bits per heavy atom. The van der Waals surface area contributed by atoms with E-state index in [0.29, 0.717) is 5.69 Å². The first-order valence-corrected chi connectivity index (χ1v) is 8.01. The lowest BCUT2D eigenvalue weighted by molar-refractivity contribution is -0.141. The number of aromatic nitrogens is 2. The van der Waals surface area contributed by atoms with E-state index < -0.39 is 17.4 Å². The summed E-state index contributed by atoms with van der Waals surface area (Å²) in [6, 6.07) is 6.33. The maximum atomic E-state index is 13.1. The van der Waals surface area contributed by atoms with Crippen LogP contribution in [-0.4, -0.2) is 15.5 Å². The standard InChI is InChI=1S/C16H18BrF3N4/c1-9-7-10(17)5-6-11(9)21-13-8-12(16(18,19)20)22-14(23-13)24-15(2,3)4/h5-8H,1-4H3,(H2,21,22,23,24). The molecular formula is C16H18BrF3N4. The van der Waals surface area contributed by atoms with Crippen LogP contribution in [0, 0.1) is 6.92 Å². The Morgan fingerprint density at radius 1 is 1.04 bits per heavy atom. The van der Waals surface area contributed by atoms with Crippen molar-refractivity contribution in [3.05, 3.63) is 40.0 Å². The fourth-order valence-corrected chi connectivity index (χ4v) is 2.43. The van der Waals surface area contributed by atoms with E-state index in [1.54, 1.807) is 12.1 Å². The molecule has 2 rings (SSSR count). The van der Waals surface area contributed by atoms with E-state index >= 15 is 0 Å². The molecule has 0 atom stereocenters. The second kappa shape index (κ2) is 6.58. The normalized spacial score (nSPS) is 12.2. The van der Waals surface area contributed by atoms with Crippen molar-refractivity contribution in [3.63, 3.8) is 0 Å². The molecule has 1 aromatic carbocycles. The van der Waals surface area contributed by atoms with Crippen LogP contribution in [0.5, 0.6) is 0 Å². The van der Waals surface area contributed by atoms with Crippen LogP contribution in [0.1, 0.15) is 32.0 Å². The van der Waals surface area contributed by atoms with E-state index in [-0.39, 0.29) is 11.8 Å². The van der Waals surface area contributed by atoms with Crippen molar-refractivity contribution in [3.8, 4) is 0 Å². The average molecular weight is 403 g/mol. The Morgan fingerprint density at radius 3 is 2.25 bits per heavy atom. The Balaban J connectivity index is 2.42. The topological polar surface area (TPSA) is 49.8 Å². The van der Waals surface area contributed by atoms with Gasteiger partial charge in [-0.1, -0.05) is 15.9 Å². The smallest absolute Gasteiger partial charge is 0.350 e. The van der Waals surface area contributed by atoms with Gasteiger partial charge in [0.05, 0.1) is 0 Å². The van der Waals surface area contributed by atoms with Crippen LogP contribution in [0.2, 0.25) is 0 Å². The zero-order valence-electron chi connectivity index (χ0n) is 13.7. The highest BCUT2D eigenvalue weighted by Crippen LogP contribution is 2.31. The molecule has 0 saturated heterocycles. The maximum absolute atomic E-state index is 13.1. The lowest BCUT2D eigenvalue weighted by atomic mass is 10.1. The first-order chi connectivity index (χ1) is 10.9. The van der Waals surface area contributed by atoms with Crippen molar-refractivity contribution < 1.29 is 13.2 Å². The van der Waals surface area contributed by atoms with E-state index in [1.165, 1.54) is 0 Å². The quantitative estimate of drug-likeness (QED) is 0.709. The lowest BCUT2D eigenvalue weighted by Crippen LogP contribution is -2.28. The Bertz CT molecular complexity index is 739. The summed E-state index contributed by atoms with van der Waals surface area (Å²) in [6.07, 6.45) is -4.55. The molecule has 0 fully saturated rings. The third kappa shape index (κ3) is 5.09. The molecule has 8 heteroatoms. The molecule has 2 aromatic rings. The van der Waals surface area contributed by atoms with Gasteiger partial charge >= 0.3 is 6.18 Å². The molecule has 0 bridgehead atoms. The molecule has 1 heterocycles. The number of hydrogen-bond donors (Lipinski definition) is 2. The molecule has 0 unspecified atom stereocenters. The number of nitrogens with zero attached hydrogens (tertiary/aromatic N) is 2. The summed E-state index contributed by atoms with van der Waals surface area (Å²) in [7, 11) is 0. The van der Waals surface area contributed by atoms with Crippen LogP contribution in [0.25, 0.3) is 0 Å². The van der Waals surface area contributed by atoms with Gasteiger partial charge in [0.25, 0.3) is 0 Å². The number of aryl methyl sites for hydroxylation is 1. The van der Waals surface area contributed by atoms with Gasteiger partial charge in [-0.2, -0.15) is 18.2 Å². The van der Waals surface area contributed by atoms with E-state index in [9.17, 15) is 13.2 Å². The number of nitrogens with one attached hydrogen (secondary N) is 2. The third-order valence-electron chi connectivity index (χ3n) is 2.95. The summed E-state index contributed by atoms with van der Waals surface area (Å²) >= 11 is 3.35. The van der Waals surface area contributed by atoms with Gasteiger partial charge in [-0.05, 0) is 51.5 Å². The van der Waals surface area contributed by atoms with Gasteiger partial charge in [0.2, 0.25) is 5.95 Å². The Kier molecular flexibility index (Phi) is 5.08. The summed E-state index contributed by atoms with van der Waals surface area (Å²) in [6.45, 7) is 7.32. The molecule has 24 heavy (non-hydrogen) atoms. The van der Waals surface area contributed by atoms with Crippen LogP contribution in [0.4, 0.5) is 30.6 Å². The maximum Gasteiger partial charge on any atom is 0.433 e. The first-order valence-electron chi connectivity index (χ1n) is 7.22. The van der Waals surface area contributed by atoms with Crippen LogP contribution < -0.4 is 10.6 Å². The predicted molar refractivity (Wildman–Crippen MR) is 92.6 cm³/mol. The minimum atomic E-state index is -4.55. The first kappa shape index (κ1) is 18.5. The van der Waals surface area contributed by atoms with Crippen molar-refractivity contribution in [2.75, 3.05) is 10.6 Å². The monoisotopic (exact) mass is 402 g/mol. The molecule has 2 N–H and O–H groups in total. The van der Waals surface area contributed by atoms with Crippen LogP contribution in [0.15, 0.2) is 28.7 Å². The summed E-state index contributed by atoms with van der Waals surface area (Å²) in [5.41, 5.74) is 0.0878. The zero-order valence-corrected chi connectivity index (χ0v) is 15.3. The van der Waals surface area contributed by atoms with E-state index in [4.69, 9.17) is 0 Å². The number of hydrogen-bond acceptors (Lipinski definition) is 4. The zero-order chi connectivity index (χ0) is 18.1. The molecule has 0 spiro atoms. The van der Waals surface area contributed by atoms with Gasteiger partial charge in [-0.15, -0.1) is 0 Å². The van der Waals surface area contributed by atoms with Gasteiger partial charge < -0.3 is 10.6 Å². The largest absolute Gasteiger partial charge is 0.433 e. The second-order valence-corrected chi connectivity index (χ2v) is 7.33. The van der Waals surface area contributed by atoms with Gasteiger partial charge in [-0.3, -0.25) is 0 Å².